The third-order valence-electron chi connectivity index (χ3n) is 6.50. The Hall–Kier alpha value is -2.04. The zero-order valence-corrected chi connectivity index (χ0v) is 21.5. The van der Waals surface area contributed by atoms with Crippen LogP contribution in [0.1, 0.15) is 58.1 Å². The lowest BCUT2D eigenvalue weighted by molar-refractivity contribution is -0.184. The Morgan fingerprint density at radius 3 is 2.09 bits per heavy atom. The van der Waals surface area contributed by atoms with Crippen LogP contribution in [0.2, 0.25) is 10.0 Å². The fourth-order valence-corrected chi connectivity index (χ4v) is 4.90. The molecule has 0 N–H and O–H groups in total. The van der Waals surface area contributed by atoms with Crippen LogP contribution in [0.25, 0.3) is 0 Å². The predicted molar refractivity (Wildman–Crippen MR) is 134 cm³/mol. The summed E-state index contributed by atoms with van der Waals surface area (Å²) in [4.78, 5) is 27.2. The molecular weight excluding hydrogens is 459 g/mol. The lowest BCUT2D eigenvalue weighted by Crippen LogP contribution is -2.54. The standard InChI is InChI=1S/C27H34Cl2O4/c1-5-26(4,19-21-14-8-9-16-23(21)29)27(24(30)32-6-2,25(31)33-7-3)17-11-13-20-12-10-15-22(28)18-20/h8-10,12,14-16,18H,5-7,11,13,17,19H2,1-4H3. The molecule has 0 aliphatic heterocycles. The van der Waals surface area contributed by atoms with Crippen molar-refractivity contribution in [2.75, 3.05) is 13.2 Å². The average molecular weight is 493 g/mol. The highest BCUT2D eigenvalue weighted by Crippen LogP contribution is 2.50. The number of rotatable bonds is 12. The van der Waals surface area contributed by atoms with Crippen molar-refractivity contribution in [2.24, 2.45) is 10.8 Å². The summed E-state index contributed by atoms with van der Waals surface area (Å²) in [5.74, 6) is -1.07. The smallest absolute Gasteiger partial charge is 0.324 e. The lowest BCUT2D eigenvalue weighted by atomic mass is 9.58. The normalized spacial score (nSPS) is 13.3. The Bertz CT molecular complexity index is 925. The fourth-order valence-electron chi connectivity index (χ4n) is 4.48. The van der Waals surface area contributed by atoms with E-state index in [0.717, 1.165) is 11.1 Å². The Morgan fingerprint density at radius 1 is 0.909 bits per heavy atom. The number of aryl methyl sites for hydroxylation is 1. The molecule has 0 amide bonds. The van der Waals surface area contributed by atoms with Crippen LogP contribution in [0.4, 0.5) is 0 Å². The second-order valence-corrected chi connectivity index (χ2v) is 9.36. The Labute approximate surface area is 207 Å². The SMILES string of the molecule is CCOC(=O)C(CCCc1cccc(Cl)c1)(C(=O)OCC)C(C)(CC)Cc1ccccc1Cl. The van der Waals surface area contributed by atoms with Gasteiger partial charge in [0.2, 0.25) is 0 Å². The van der Waals surface area contributed by atoms with Crippen molar-refractivity contribution in [3.05, 3.63) is 69.7 Å². The van der Waals surface area contributed by atoms with Gasteiger partial charge in [0.15, 0.2) is 5.41 Å². The van der Waals surface area contributed by atoms with E-state index in [9.17, 15) is 9.59 Å². The number of halogens is 2. The van der Waals surface area contributed by atoms with E-state index in [1.165, 1.54) is 0 Å². The zero-order chi connectivity index (χ0) is 24.5. The van der Waals surface area contributed by atoms with Crippen molar-refractivity contribution in [1.29, 1.82) is 0 Å². The highest BCUT2D eigenvalue weighted by Gasteiger charge is 2.60. The summed E-state index contributed by atoms with van der Waals surface area (Å²) in [5.41, 5.74) is -0.305. The van der Waals surface area contributed by atoms with Crippen molar-refractivity contribution in [3.63, 3.8) is 0 Å². The number of hydrogen-bond acceptors (Lipinski definition) is 4. The van der Waals surface area contributed by atoms with E-state index >= 15 is 0 Å². The summed E-state index contributed by atoms with van der Waals surface area (Å²) in [7, 11) is 0. The maximum atomic E-state index is 13.6. The molecule has 0 aliphatic carbocycles. The molecule has 2 aromatic carbocycles. The minimum absolute atomic E-state index is 0.181. The first kappa shape index (κ1) is 27.2. The van der Waals surface area contributed by atoms with Crippen molar-refractivity contribution < 1.29 is 19.1 Å². The van der Waals surface area contributed by atoms with Gasteiger partial charge in [-0.25, -0.2) is 0 Å². The van der Waals surface area contributed by atoms with Crippen molar-refractivity contribution in [3.8, 4) is 0 Å². The largest absolute Gasteiger partial charge is 0.465 e. The Morgan fingerprint density at radius 2 is 1.55 bits per heavy atom. The van der Waals surface area contributed by atoms with Gasteiger partial charge in [0.05, 0.1) is 13.2 Å². The summed E-state index contributed by atoms with van der Waals surface area (Å²) in [5, 5.41) is 1.27. The molecule has 0 aromatic heterocycles. The molecule has 0 fully saturated rings. The minimum atomic E-state index is -1.47. The Balaban J connectivity index is 2.51. The van der Waals surface area contributed by atoms with E-state index in [1.807, 2.05) is 62.4 Å². The van der Waals surface area contributed by atoms with Crippen LogP contribution in [0.3, 0.4) is 0 Å². The number of carbonyl (C=O) groups excluding carboxylic acids is 2. The van der Waals surface area contributed by atoms with Gasteiger partial charge >= 0.3 is 11.9 Å². The van der Waals surface area contributed by atoms with E-state index in [2.05, 4.69) is 0 Å². The van der Waals surface area contributed by atoms with Gasteiger partial charge in [-0.1, -0.05) is 67.4 Å². The molecule has 1 atom stereocenters. The minimum Gasteiger partial charge on any atom is -0.465 e. The lowest BCUT2D eigenvalue weighted by Gasteiger charge is -2.45. The van der Waals surface area contributed by atoms with Crippen LogP contribution in [0, 0.1) is 10.8 Å². The second kappa shape index (κ2) is 12.4. The molecule has 0 aliphatic rings. The van der Waals surface area contributed by atoms with E-state index in [4.69, 9.17) is 32.7 Å². The zero-order valence-electron chi connectivity index (χ0n) is 20.0. The predicted octanol–water partition coefficient (Wildman–Crippen LogP) is 7.09. The molecule has 6 heteroatoms. The van der Waals surface area contributed by atoms with Crippen molar-refractivity contribution in [2.45, 2.75) is 59.8 Å². The monoisotopic (exact) mass is 492 g/mol. The molecule has 0 radical (unpaired) electrons. The van der Waals surface area contributed by atoms with Gasteiger partial charge in [-0.2, -0.15) is 0 Å². The molecule has 2 rings (SSSR count). The summed E-state index contributed by atoms with van der Waals surface area (Å²) < 4.78 is 11.0. The first-order valence-corrected chi connectivity index (χ1v) is 12.3. The Kier molecular flexibility index (Phi) is 10.2. The summed E-state index contributed by atoms with van der Waals surface area (Å²) in [6, 6.07) is 15.1. The highest BCUT2D eigenvalue weighted by molar-refractivity contribution is 6.31. The third-order valence-corrected chi connectivity index (χ3v) is 7.11. The van der Waals surface area contributed by atoms with E-state index in [0.29, 0.717) is 42.1 Å². The first-order valence-electron chi connectivity index (χ1n) is 11.6. The molecule has 33 heavy (non-hydrogen) atoms. The molecule has 2 aromatic rings. The van der Waals surface area contributed by atoms with Crippen LogP contribution in [-0.2, 0) is 31.9 Å². The molecule has 0 saturated heterocycles. The van der Waals surface area contributed by atoms with Gasteiger partial charge < -0.3 is 9.47 Å². The van der Waals surface area contributed by atoms with Crippen LogP contribution in [0.5, 0.6) is 0 Å². The van der Waals surface area contributed by atoms with Crippen molar-refractivity contribution in [1.82, 2.24) is 0 Å². The fraction of sp³-hybridized carbons (Fsp3) is 0.481. The maximum Gasteiger partial charge on any atom is 0.324 e. The van der Waals surface area contributed by atoms with Gasteiger partial charge in [0, 0.05) is 10.0 Å². The summed E-state index contributed by atoms with van der Waals surface area (Å²) in [6.07, 6.45) is 2.57. The van der Waals surface area contributed by atoms with Gasteiger partial charge in [-0.05, 0) is 80.7 Å². The number of esters is 2. The number of ether oxygens (including phenoxy) is 2. The average Bonchev–Trinajstić information content (AvgIpc) is 2.78. The molecule has 0 heterocycles. The van der Waals surface area contributed by atoms with E-state index in [1.54, 1.807) is 13.8 Å². The summed E-state index contributed by atoms with van der Waals surface area (Å²) in [6.45, 7) is 7.80. The topological polar surface area (TPSA) is 52.6 Å². The van der Waals surface area contributed by atoms with Crippen LogP contribution >= 0.6 is 23.2 Å². The molecule has 0 spiro atoms. The number of carbonyl (C=O) groups is 2. The summed E-state index contributed by atoms with van der Waals surface area (Å²) >= 11 is 12.6. The number of benzene rings is 2. The molecular formula is C27H34Cl2O4. The molecule has 0 bridgehead atoms. The van der Waals surface area contributed by atoms with E-state index < -0.39 is 22.8 Å². The van der Waals surface area contributed by atoms with Crippen LogP contribution in [0.15, 0.2) is 48.5 Å². The van der Waals surface area contributed by atoms with E-state index in [-0.39, 0.29) is 13.2 Å². The molecule has 4 nitrogen and oxygen atoms in total. The van der Waals surface area contributed by atoms with Crippen molar-refractivity contribution >= 4 is 35.1 Å². The molecule has 1 unspecified atom stereocenters. The second-order valence-electron chi connectivity index (χ2n) is 8.51. The first-order chi connectivity index (χ1) is 15.7. The van der Waals surface area contributed by atoms with Crippen LogP contribution in [-0.4, -0.2) is 25.2 Å². The molecule has 180 valence electrons. The third kappa shape index (κ3) is 6.30. The van der Waals surface area contributed by atoms with Gasteiger partial charge in [-0.3, -0.25) is 9.59 Å². The maximum absolute atomic E-state index is 13.6. The van der Waals surface area contributed by atoms with Gasteiger partial charge in [-0.15, -0.1) is 0 Å². The van der Waals surface area contributed by atoms with Crippen LogP contribution < -0.4 is 0 Å². The molecule has 0 saturated carbocycles. The highest BCUT2D eigenvalue weighted by atomic mass is 35.5. The van der Waals surface area contributed by atoms with Gasteiger partial charge in [0.25, 0.3) is 0 Å². The quantitative estimate of drug-likeness (QED) is 0.234. The number of hydrogen-bond donors (Lipinski definition) is 0. The van der Waals surface area contributed by atoms with Gasteiger partial charge in [0.1, 0.15) is 0 Å².